The Morgan fingerprint density at radius 2 is 2.11 bits per heavy atom. The average Bonchev–Trinajstić information content (AvgIpc) is 3.05. The molecule has 3 N–H and O–H groups in total. The number of hydrogen-bond donors (Lipinski definition) is 3. The lowest BCUT2D eigenvalue weighted by molar-refractivity contribution is 0.0463. The largest absolute Gasteiger partial charge is 0.424 e. The van der Waals surface area contributed by atoms with Crippen molar-refractivity contribution in [3.8, 4) is 0 Å². The molecule has 2 atom stereocenters. The Bertz CT molecular complexity index is 792. The van der Waals surface area contributed by atoms with Crippen LogP contribution < -0.4 is 10.6 Å². The molecule has 3 heterocycles. The second kappa shape index (κ2) is 7.86. The Morgan fingerprint density at radius 3 is 2.85 bits per heavy atom. The summed E-state index contributed by atoms with van der Waals surface area (Å²) in [6.45, 7) is 0.683. The molecule has 146 valence electrons. The van der Waals surface area contributed by atoms with Gasteiger partial charge in [-0.05, 0) is 51.3 Å². The number of piperidine rings is 2. The smallest absolute Gasteiger partial charge is 0.295 e. The van der Waals surface area contributed by atoms with Gasteiger partial charge in [-0.2, -0.15) is 4.98 Å². The van der Waals surface area contributed by atoms with Crippen LogP contribution in [-0.2, 0) is 0 Å². The molecule has 2 unspecified atom stereocenters. The maximum atomic E-state index is 12.9. The zero-order valence-corrected chi connectivity index (χ0v) is 15.8. The second-order valence-electron chi connectivity index (χ2n) is 7.72. The monoisotopic (exact) mass is 372 g/mol. The number of benzene rings is 1. The van der Waals surface area contributed by atoms with Crippen molar-refractivity contribution in [2.24, 2.45) is 0 Å². The molecule has 0 radical (unpaired) electrons. The molecule has 2 fully saturated rings. The third kappa shape index (κ3) is 3.80. The molecule has 2 bridgehead atoms. The van der Waals surface area contributed by atoms with E-state index in [1.807, 2.05) is 12.1 Å². The molecule has 2 aliphatic rings. The molecule has 1 amide bonds. The van der Waals surface area contributed by atoms with Crippen LogP contribution in [0, 0.1) is 0 Å². The van der Waals surface area contributed by atoms with E-state index in [0.29, 0.717) is 47.7 Å². The van der Waals surface area contributed by atoms with Gasteiger partial charge in [-0.3, -0.25) is 4.79 Å². The molecule has 1 aromatic carbocycles. The van der Waals surface area contributed by atoms with Gasteiger partial charge in [-0.15, -0.1) is 0 Å². The molecule has 27 heavy (non-hydrogen) atoms. The van der Waals surface area contributed by atoms with E-state index < -0.39 is 0 Å². The second-order valence-corrected chi connectivity index (χ2v) is 7.72. The summed E-state index contributed by atoms with van der Waals surface area (Å²) in [6, 6.07) is 7.19. The third-order valence-corrected chi connectivity index (χ3v) is 5.95. The number of nitrogens with zero attached hydrogens (tertiary/aromatic N) is 2. The van der Waals surface area contributed by atoms with Crippen molar-refractivity contribution in [3.63, 3.8) is 0 Å². The number of carbonyl (C=O) groups excluding carboxylic acids is 1. The summed E-state index contributed by atoms with van der Waals surface area (Å²) < 4.78 is 5.68. The van der Waals surface area contributed by atoms with Gasteiger partial charge in [0.25, 0.3) is 11.9 Å². The Hall–Kier alpha value is -2.12. The summed E-state index contributed by atoms with van der Waals surface area (Å²) in [5, 5.41) is 15.2. The van der Waals surface area contributed by atoms with Crippen LogP contribution in [0.1, 0.15) is 48.9 Å². The number of aliphatic hydroxyl groups excluding tert-OH is 1. The lowest BCUT2D eigenvalue weighted by atomic mass is 9.82. The fraction of sp³-hybridized carbons (Fsp3) is 0.600. The Labute approximate surface area is 159 Å². The Kier molecular flexibility index (Phi) is 5.31. The number of hydrogen-bond acceptors (Lipinski definition) is 6. The van der Waals surface area contributed by atoms with E-state index in [0.717, 1.165) is 12.8 Å². The van der Waals surface area contributed by atoms with Crippen LogP contribution in [0.5, 0.6) is 0 Å². The van der Waals surface area contributed by atoms with Crippen molar-refractivity contribution >= 4 is 23.0 Å². The minimum atomic E-state index is -0.0802. The molecule has 0 spiro atoms. The molecule has 7 heteroatoms. The predicted octanol–water partition coefficient (Wildman–Crippen LogP) is 2.37. The number of nitrogens with one attached hydrogen (secondary N) is 2. The first-order valence-electron chi connectivity index (χ1n) is 9.93. The topological polar surface area (TPSA) is 90.6 Å². The highest BCUT2D eigenvalue weighted by atomic mass is 16.4. The highest BCUT2D eigenvalue weighted by Crippen LogP contribution is 2.33. The zero-order chi connectivity index (χ0) is 18.8. The number of amides is 1. The van der Waals surface area contributed by atoms with Crippen LogP contribution in [0.15, 0.2) is 22.6 Å². The van der Waals surface area contributed by atoms with Gasteiger partial charge < -0.3 is 25.1 Å². The lowest BCUT2D eigenvalue weighted by Crippen LogP contribution is -2.55. The fourth-order valence-electron chi connectivity index (χ4n) is 4.48. The van der Waals surface area contributed by atoms with E-state index >= 15 is 0 Å². The van der Waals surface area contributed by atoms with Crippen molar-refractivity contribution in [2.75, 3.05) is 25.5 Å². The maximum Gasteiger partial charge on any atom is 0.295 e. The highest BCUT2D eigenvalue weighted by molar-refractivity contribution is 6.04. The molecule has 0 saturated carbocycles. The van der Waals surface area contributed by atoms with Gasteiger partial charge in [0.05, 0.1) is 5.56 Å². The summed E-state index contributed by atoms with van der Waals surface area (Å²) in [7, 11) is 2.22. The van der Waals surface area contributed by atoms with Gasteiger partial charge in [0.1, 0.15) is 5.52 Å². The van der Waals surface area contributed by atoms with E-state index in [2.05, 4.69) is 27.6 Å². The zero-order valence-electron chi connectivity index (χ0n) is 15.8. The molecule has 4 rings (SSSR count). The number of para-hydroxylation sites is 1. The quantitative estimate of drug-likeness (QED) is 0.675. The minimum Gasteiger partial charge on any atom is -0.424 e. The molecule has 1 aromatic heterocycles. The molecular formula is C20H28N4O3. The Balaban J connectivity index is 1.47. The van der Waals surface area contributed by atoms with Crippen molar-refractivity contribution in [3.05, 3.63) is 23.8 Å². The van der Waals surface area contributed by atoms with Crippen molar-refractivity contribution in [1.29, 1.82) is 0 Å². The number of anilines is 1. The average molecular weight is 372 g/mol. The van der Waals surface area contributed by atoms with Crippen LogP contribution in [0.4, 0.5) is 6.01 Å². The number of rotatable bonds is 6. The first-order chi connectivity index (χ1) is 13.2. The first kappa shape index (κ1) is 18.3. The SMILES string of the molecule is CN1C2CCCC1CC(NC(=O)c1cccc3oc(NCCCO)nc13)C2. The van der Waals surface area contributed by atoms with Crippen LogP contribution in [0.2, 0.25) is 0 Å². The van der Waals surface area contributed by atoms with E-state index in [1.54, 1.807) is 6.07 Å². The minimum absolute atomic E-state index is 0.0802. The maximum absolute atomic E-state index is 12.9. The lowest BCUT2D eigenvalue weighted by Gasteiger charge is -2.47. The van der Waals surface area contributed by atoms with E-state index in [1.165, 1.54) is 19.3 Å². The number of aliphatic hydroxyl groups is 1. The molecule has 2 aliphatic heterocycles. The molecule has 0 aliphatic carbocycles. The van der Waals surface area contributed by atoms with E-state index in [4.69, 9.17) is 9.52 Å². The van der Waals surface area contributed by atoms with Crippen molar-refractivity contribution in [2.45, 2.75) is 56.7 Å². The van der Waals surface area contributed by atoms with Crippen molar-refractivity contribution < 1.29 is 14.3 Å². The standard InChI is InChI=1S/C20H28N4O3/c1-24-14-5-2-6-15(24)12-13(11-14)22-19(26)16-7-3-8-17-18(16)23-20(27-17)21-9-4-10-25/h3,7-8,13-15,25H,2,4-6,9-12H2,1H3,(H,21,23)(H,22,26). The summed E-state index contributed by atoms with van der Waals surface area (Å²) in [5.74, 6) is -0.0802. The first-order valence-corrected chi connectivity index (χ1v) is 9.93. The molecular weight excluding hydrogens is 344 g/mol. The normalized spacial score (nSPS) is 25.5. The number of oxazole rings is 1. The van der Waals surface area contributed by atoms with Crippen molar-refractivity contribution in [1.82, 2.24) is 15.2 Å². The summed E-state index contributed by atoms with van der Waals surface area (Å²) in [6.07, 6.45) is 6.39. The number of fused-ring (bicyclic) bond motifs is 3. The van der Waals surface area contributed by atoms with E-state index in [-0.39, 0.29) is 18.6 Å². The predicted molar refractivity (Wildman–Crippen MR) is 104 cm³/mol. The van der Waals surface area contributed by atoms with Crippen LogP contribution in [-0.4, -0.2) is 59.2 Å². The molecule has 2 saturated heterocycles. The summed E-state index contributed by atoms with van der Waals surface area (Å²) >= 11 is 0. The molecule has 7 nitrogen and oxygen atoms in total. The van der Waals surface area contributed by atoms with Gasteiger partial charge in [0.2, 0.25) is 0 Å². The van der Waals surface area contributed by atoms with Crippen LogP contribution in [0.25, 0.3) is 11.1 Å². The summed E-state index contributed by atoms with van der Waals surface area (Å²) in [4.78, 5) is 19.9. The fourth-order valence-corrected chi connectivity index (χ4v) is 4.48. The third-order valence-electron chi connectivity index (χ3n) is 5.95. The number of carbonyl (C=O) groups is 1. The van der Waals surface area contributed by atoms with E-state index in [9.17, 15) is 4.79 Å². The van der Waals surface area contributed by atoms with Gasteiger partial charge in [0, 0.05) is 31.3 Å². The summed E-state index contributed by atoms with van der Waals surface area (Å²) in [5.41, 5.74) is 1.72. The Morgan fingerprint density at radius 1 is 1.33 bits per heavy atom. The molecule has 2 aromatic rings. The van der Waals surface area contributed by atoms with Gasteiger partial charge >= 0.3 is 0 Å². The van der Waals surface area contributed by atoms with Gasteiger partial charge in [-0.1, -0.05) is 12.5 Å². The van der Waals surface area contributed by atoms with Crippen LogP contribution in [0.3, 0.4) is 0 Å². The highest BCUT2D eigenvalue weighted by Gasteiger charge is 2.36. The van der Waals surface area contributed by atoms with Crippen LogP contribution >= 0.6 is 0 Å². The van der Waals surface area contributed by atoms with Gasteiger partial charge in [-0.25, -0.2) is 0 Å². The van der Waals surface area contributed by atoms with Gasteiger partial charge in [0.15, 0.2) is 5.58 Å². The number of aromatic nitrogens is 1.